The fraction of sp³-hybridized carbons (Fsp3) is 0.250. The molecular formula is C36H38N4O2S. The van der Waals surface area contributed by atoms with Crippen molar-refractivity contribution in [3.8, 4) is 0 Å². The maximum absolute atomic E-state index is 14.1. The Hall–Kier alpha value is -4.49. The van der Waals surface area contributed by atoms with Gasteiger partial charge in [-0.25, -0.2) is 9.78 Å². The van der Waals surface area contributed by atoms with E-state index in [1.165, 1.54) is 11.3 Å². The van der Waals surface area contributed by atoms with Crippen LogP contribution in [0.4, 0.5) is 27.0 Å². The molecule has 0 saturated heterocycles. The Kier molecular flexibility index (Phi) is 8.64. The number of aryl methyl sites for hydroxylation is 3. The number of hydrogen-bond acceptors (Lipinski definition) is 4. The Morgan fingerprint density at radius 2 is 1.30 bits per heavy atom. The zero-order valence-corrected chi connectivity index (χ0v) is 26.6. The summed E-state index contributed by atoms with van der Waals surface area (Å²) in [6, 6.07) is 25.3. The first-order chi connectivity index (χ1) is 20.5. The van der Waals surface area contributed by atoms with E-state index in [1.54, 1.807) is 11.0 Å². The molecule has 220 valence electrons. The zero-order chi connectivity index (χ0) is 30.8. The van der Waals surface area contributed by atoms with Gasteiger partial charge in [0, 0.05) is 11.3 Å². The van der Waals surface area contributed by atoms with Crippen LogP contribution in [0.1, 0.15) is 77.7 Å². The number of carbonyl (C=O) groups excluding carboxylic acids is 2. The molecule has 1 heterocycles. The third kappa shape index (κ3) is 6.32. The highest BCUT2D eigenvalue weighted by Gasteiger charge is 2.25. The highest BCUT2D eigenvalue weighted by Crippen LogP contribution is 2.38. The Bertz CT molecular complexity index is 1750. The van der Waals surface area contributed by atoms with Crippen molar-refractivity contribution >= 4 is 55.7 Å². The standard InChI is InChI=1S/C36H38N4O2S/c1-21(2)27-12-8-10-14-30(27)40(31-15-11-9-13-28(31)22(3)4)36(42)39-35-37-29-17-16-26(20-32(29)43-35)34(41)38-33-24(6)18-23(5)19-25(33)7/h8-22H,1-7H3,(H,38,41)(H,37,39,42). The number of urea groups is 1. The van der Waals surface area contributed by atoms with Crippen molar-refractivity contribution in [2.24, 2.45) is 0 Å². The lowest BCUT2D eigenvalue weighted by molar-refractivity contribution is 0.102. The van der Waals surface area contributed by atoms with Gasteiger partial charge in [-0.3, -0.25) is 15.0 Å². The summed E-state index contributed by atoms with van der Waals surface area (Å²) in [4.78, 5) is 33.8. The summed E-state index contributed by atoms with van der Waals surface area (Å²) in [5.74, 6) is 0.257. The fourth-order valence-electron chi connectivity index (χ4n) is 5.54. The second kappa shape index (κ2) is 12.4. The van der Waals surface area contributed by atoms with Crippen molar-refractivity contribution in [1.82, 2.24) is 4.98 Å². The summed E-state index contributed by atoms with van der Waals surface area (Å²) in [5, 5.41) is 6.61. The van der Waals surface area contributed by atoms with Crippen LogP contribution in [0.5, 0.6) is 0 Å². The van der Waals surface area contributed by atoms with E-state index in [0.29, 0.717) is 10.7 Å². The van der Waals surface area contributed by atoms with Gasteiger partial charge in [-0.15, -0.1) is 0 Å². The van der Waals surface area contributed by atoms with Crippen LogP contribution < -0.4 is 15.5 Å². The molecule has 43 heavy (non-hydrogen) atoms. The van der Waals surface area contributed by atoms with Gasteiger partial charge in [0.15, 0.2) is 5.13 Å². The molecule has 2 N–H and O–H groups in total. The van der Waals surface area contributed by atoms with E-state index in [9.17, 15) is 9.59 Å². The number of hydrogen-bond donors (Lipinski definition) is 2. The van der Waals surface area contributed by atoms with Crippen LogP contribution in [0.25, 0.3) is 10.2 Å². The van der Waals surface area contributed by atoms with Crippen molar-refractivity contribution in [3.63, 3.8) is 0 Å². The van der Waals surface area contributed by atoms with E-state index in [1.807, 2.05) is 69.3 Å². The summed E-state index contributed by atoms with van der Waals surface area (Å²) in [7, 11) is 0. The normalized spacial score (nSPS) is 11.3. The van der Waals surface area contributed by atoms with Gasteiger partial charge in [0.2, 0.25) is 0 Å². The maximum atomic E-state index is 14.1. The van der Waals surface area contributed by atoms with E-state index in [0.717, 1.165) is 55.1 Å². The van der Waals surface area contributed by atoms with Gasteiger partial charge in [0.25, 0.3) is 5.91 Å². The van der Waals surface area contributed by atoms with Crippen LogP contribution >= 0.6 is 11.3 Å². The van der Waals surface area contributed by atoms with E-state index >= 15 is 0 Å². The van der Waals surface area contributed by atoms with Gasteiger partial charge in [-0.1, -0.05) is 93.1 Å². The highest BCUT2D eigenvalue weighted by molar-refractivity contribution is 7.22. The lowest BCUT2D eigenvalue weighted by Crippen LogP contribution is -2.32. The highest BCUT2D eigenvalue weighted by atomic mass is 32.1. The monoisotopic (exact) mass is 590 g/mol. The lowest BCUT2D eigenvalue weighted by Gasteiger charge is -2.29. The first kappa shape index (κ1) is 30.0. The quantitative estimate of drug-likeness (QED) is 0.198. The predicted octanol–water partition coefficient (Wildman–Crippen LogP) is 10.1. The number of fused-ring (bicyclic) bond motifs is 1. The summed E-state index contributed by atoms with van der Waals surface area (Å²) in [6.45, 7) is 14.6. The minimum atomic E-state index is -0.288. The van der Waals surface area contributed by atoms with Gasteiger partial charge in [0.05, 0.1) is 21.6 Å². The number of aromatic nitrogens is 1. The smallest absolute Gasteiger partial charge is 0.322 e. The molecule has 0 atom stereocenters. The molecule has 4 aromatic carbocycles. The van der Waals surface area contributed by atoms with Crippen molar-refractivity contribution < 1.29 is 9.59 Å². The van der Waals surface area contributed by atoms with E-state index < -0.39 is 0 Å². The van der Waals surface area contributed by atoms with Crippen molar-refractivity contribution in [2.45, 2.75) is 60.3 Å². The molecule has 3 amide bonds. The number of nitrogens with one attached hydrogen (secondary N) is 2. The van der Waals surface area contributed by atoms with Gasteiger partial charge in [-0.2, -0.15) is 0 Å². The molecular weight excluding hydrogens is 552 g/mol. The second-order valence-corrected chi connectivity index (χ2v) is 12.7. The molecule has 0 saturated carbocycles. The molecule has 5 rings (SSSR count). The number of amides is 3. The van der Waals surface area contributed by atoms with Gasteiger partial charge >= 0.3 is 6.03 Å². The summed E-state index contributed by atoms with van der Waals surface area (Å²) >= 11 is 1.35. The van der Waals surface area contributed by atoms with Gasteiger partial charge < -0.3 is 5.32 Å². The molecule has 0 aliphatic rings. The largest absolute Gasteiger partial charge is 0.332 e. The number of carbonyl (C=O) groups is 2. The molecule has 0 aliphatic heterocycles. The fourth-order valence-corrected chi connectivity index (χ4v) is 6.43. The Morgan fingerprint density at radius 3 is 1.86 bits per heavy atom. The number of para-hydroxylation sites is 2. The molecule has 0 aliphatic carbocycles. The molecule has 0 fully saturated rings. The first-order valence-corrected chi connectivity index (χ1v) is 15.4. The van der Waals surface area contributed by atoms with E-state index in [-0.39, 0.29) is 23.8 Å². The van der Waals surface area contributed by atoms with Crippen molar-refractivity contribution in [2.75, 3.05) is 15.5 Å². The number of anilines is 4. The molecule has 0 radical (unpaired) electrons. The number of benzene rings is 4. The number of rotatable bonds is 7. The molecule has 5 aromatic rings. The molecule has 0 unspecified atom stereocenters. The molecule has 0 bridgehead atoms. The predicted molar refractivity (Wildman–Crippen MR) is 180 cm³/mol. The molecule has 6 nitrogen and oxygen atoms in total. The average molecular weight is 591 g/mol. The average Bonchev–Trinajstić information content (AvgIpc) is 3.36. The summed E-state index contributed by atoms with van der Waals surface area (Å²) < 4.78 is 0.817. The summed E-state index contributed by atoms with van der Waals surface area (Å²) in [5.41, 5.74) is 9.13. The van der Waals surface area contributed by atoms with Crippen LogP contribution in [0.3, 0.4) is 0 Å². The Morgan fingerprint density at radius 1 is 0.744 bits per heavy atom. The molecule has 0 spiro atoms. The maximum Gasteiger partial charge on any atom is 0.332 e. The van der Waals surface area contributed by atoms with Crippen molar-refractivity contribution in [3.05, 3.63) is 112 Å². The minimum Gasteiger partial charge on any atom is -0.322 e. The Balaban J connectivity index is 1.47. The first-order valence-electron chi connectivity index (χ1n) is 14.6. The number of thiazole rings is 1. The topological polar surface area (TPSA) is 74.3 Å². The van der Waals surface area contributed by atoms with E-state index in [4.69, 9.17) is 0 Å². The van der Waals surface area contributed by atoms with Crippen LogP contribution in [-0.2, 0) is 0 Å². The van der Waals surface area contributed by atoms with Crippen LogP contribution in [-0.4, -0.2) is 16.9 Å². The van der Waals surface area contributed by atoms with Crippen molar-refractivity contribution in [1.29, 1.82) is 0 Å². The third-order valence-electron chi connectivity index (χ3n) is 7.58. The Labute approximate surface area is 257 Å². The van der Waals surface area contributed by atoms with Crippen LogP contribution in [0.15, 0.2) is 78.9 Å². The molecule has 7 heteroatoms. The van der Waals surface area contributed by atoms with Gasteiger partial charge in [0.1, 0.15) is 0 Å². The second-order valence-electron chi connectivity index (χ2n) is 11.6. The minimum absolute atomic E-state index is 0.183. The van der Waals surface area contributed by atoms with Crippen LogP contribution in [0, 0.1) is 20.8 Å². The third-order valence-corrected chi connectivity index (χ3v) is 8.52. The SMILES string of the molecule is Cc1cc(C)c(NC(=O)c2ccc3nc(NC(=O)N(c4ccccc4C(C)C)c4ccccc4C(C)C)sc3c2)c(C)c1. The number of nitrogens with zero attached hydrogens (tertiary/aromatic N) is 2. The lowest BCUT2D eigenvalue weighted by atomic mass is 9.97. The van der Waals surface area contributed by atoms with Crippen LogP contribution in [0.2, 0.25) is 0 Å². The molecule has 1 aromatic heterocycles. The van der Waals surface area contributed by atoms with Gasteiger partial charge in [-0.05, 0) is 85.2 Å². The van der Waals surface area contributed by atoms with E-state index in [2.05, 4.69) is 67.6 Å². The summed E-state index contributed by atoms with van der Waals surface area (Å²) in [6.07, 6.45) is 0. The zero-order valence-electron chi connectivity index (χ0n) is 25.8.